The Morgan fingerprint density at radius 1 is 1.67 bits per heavy atom. The van der Waals surface area contributed by atoms with Gasteiger partial charge in [-0.15, -0.1) is 0 Å². The largest absolute Gasteiger partial charge is 0.374 e. The lowest BCUT2D eigenvalue weighted by atomic mass is 9.97. The van der Waals surface area contributed by atoms with Crippen molar-refractivity contribution in [2.24, 2.45) is 0 Å². The predicted molar refractivity (Wildman–Crippen MR) is 42.6 cm³/mol. The number of methoxy groups -OCH3 is 1. The zero-order valence-corrected chi connectivity index (χ0v) is 6.91. The molecule has 0 aromatic carbocycles. The summed E-state index contributed by atoms with van der Waals surface area (Å²) in [6, 6.07) is 6.61. The van der Waals surface area contributed by atoms with Gasteiger partial charge in [-0.3, -0.25) is 4.98 Å². The fourth-order valence-corrected chi connectivity index (χ4v) is 1.25. The lowest BCUT2D eigenvalue weighted by molar-refractivity contribution is -0.204. The Morgan fingerprint density at radius 3 is 2.92 bits per heavy atom. The van der Waals surface area contributed by atoms with E-state index in [4.69, 9.17) is 9.47 Å². The molecule has 0 spiro atoms. The maximum absolute atomic E-state index is 5.36. The maximum Gasteiger partial charge on any atom is 0.156 e. The minimum Gasteiger partial charge on any atom is -0.374 e. The Hall–Kier alpha value is -0.930. The Kier molecular flexibility index (Phi) is 1.83. The summed E-state index contributed by atoms with van der Waals surface area (Å²) < 4.78 is 10.5. The molecule has 3 nitrogen and oxygen atoms in total. The highest BCUT2D eigenvalue weighted by Crippen LogP contribution is 2.30. The molecule has 0 aliphatic carbocycles. The van der Waals surface area contributed by atoms with Crippen molar-refractivity contribution in [2.45, 2.75) is 5.60 Å². The van der Waals surface area contributed by atoms with Gasteiger partial charge in [0, 0.05) is 19.4 Å². The van der Waals surface area contributed by atoms with Crippen LogP contribution >= 0.6 is 0 Å². The van der Waals surface area contributed by atoms with Gasteiger partial charge in [0.15, 0.2) is 5.60 Å². The van der Waals surface area contributed by atoms with Gasteiger partial charge < -0.3 is 9.47 Å². The van der Waals surface area contributed by atoms with E-state index in [1.807, 2.05) is 12.1 Å². The number of rotatable bonds is 2. The molecular weight excluding hydrogens is 154 g/mol. The van der Waals surface area contributed by atoms with Crippen molar-refractivity contribution < 1.29 is 9.47 Å². The summed E-state index contributed by atoms with van der Waals surface area (Å²) in [6.45, 7) is 1.20. The van der Waals surface area contributed by atoms with Gasteiger partial charge in [-0.1, -0.05) is 6.07 Å². The van der Waals surface area contributed by atoms with E-state index in [1.165, 1.54) is 0 Å². The molecule has 1 aromatic rings. The second-order valence-corrected chi connectivity index (χ2v) is 2.83. The first-order valence-electron chi connectivity index (χ1n) is 3.83. The molecule has 0 atom stereocenters. The minimum atomic E-state index is -0.297. The molecule has 1 aliphatic heterocycles. The van der Waals surface area contributed by atoms with Crippen LogP contribution in [0.3, 0.4) is 0 Å². The van der Waals surface area contributed by atoms with Crippen LogP contribution in [0.5, 0.6) is 0 Å². The van der Waals surface area contributed by atoms with Crippen molar-refractivity contribution in [3.8, 4) is 0 Å². The van der Waals surface area contributed by atoms with E-state index in [0.29, 0.717) is 13.2 Å². The fourth-order valence-electron chi connectivity index (χ4n) is 1.25. The first-order chi connectivity index (χ1) is 5.87. The van der Waals surface area contributed by atoms with E-state index < -0.39 is 0 Å². The van der Waals surface area contributed by atoms with Crippen LogP contribution < -0.4 is 0 Å². The molecule has 63 valence electrons. The van der Waals surface area contributed by atoms with Crippen LogP contribution in [-0.2, 0) is 15.1 Å². The van der Waals surface area contributed by atoms with Crippen molar-refractivity contribution in [1.29, 1.82) is 0 Å². The average Bonchev–Trinajstić information content (AvgIpc) is 2.05. The molecule has 2 heterocycles. The molecule has 0 unspecified atom stereocenters. The third-order valence-electron chi connectivity index (χ3n) is 2.14. The predicted octanol–water partition coefficient (Wildman–Crippen LogP) is 0.754. The van der Waals surface area contributed by atoms with Gasteiger partial charge in [-0.05, 0) is 6.07 Å². The van der Waals surface area contributed by atoms with E-state index in [-0.39, 0.29) is 5.60 Å². The van der Waals surface area contributed by atoms with E-state index >= 15 is 0 Å². The molecule has 0 amide bonds. The highest BCUT2D eigenvalue weighted by Gasteiger charge is 2.41. The van der Waals surface area contributed by atoms with Gasteiger partial charge in [0.25, 0.3) is 0 Å². The molecular formula is C9H10NO2. The van der Waals surface area contributed by atoms with Crippen LogP contribution in [0.15, 0.2) is 18.3 Å². The number of nitrogens with zero attached hydrogens (tertiary/aromatic N) is 1. The molecule has 0 N–H and O–H groups in total. The molecule has 0 bridgehead atoms. The second kappa shape index (κ2) is 2.84. The van der Waals surface area contributed by atoms with Crippen LogP contribution in [-0.4, -0.2) is 25.3 Å². The SMILES string of the molecule is COC1(c2cc[c]cn2)COC1. The molecule has 2 rings (SSSR count). The van der Waals surface area contributed by atoms with Gasteiger partial charge in [-0.2, -0.15) is 0 Å². The molecule has 0 saturated carbocycles. The van der Waals surface area contributed by atoms with E-state index in [0.717, 1.165) is 5.69 Å². The molecule has 1 saturated heterocycles. The first kappa shape index (κ1) is 7.71. The number of hydrogen-bond acceptors (Lipinski definition) is 3. The number of pyridine rings is 1. The lowest BCUT2D eigenvalue weighted by Gasteiger charge is -2.39. The van der Waals surface area contributed by atoms with E-state index in [1.54, 1.807) is 13.3 Å². The monoisotopic (exact) mass is 164 g/mol. The Bertz CT molecular complexity index is 251. The maximum atomic E-state index is 5.36. The zero-order chi connectivity index (χ0) is 8.44. The third-order valence-corrected chi connectivity index (χ3v) is 2.14. The minimum absolute atomic E-state index is 0.297. The summed E-state index contributed by atoms with van der Waals surface area (Å²) in [5, 5.41) is 0. The van der Waals surface area contributed by atoms with E-state index in [2.05, 4.69) is 11.1 Å². The summed E-state index contributed by atoms with van der Waals surface area (Å²) in [5.74, 6) is 0. The summed E-state index contributed by atoms with van der Waals surface area (Å²) in [5.41, 5.74) is 0.629. The zero-order valence-electron chi connectivity index (χ0n) is 6.91. The third kappa shape index (κ3) is 1.02. The smallest absolute Gasteiger partial charge is 0.156 e. The summed E-state index contributed by atoms with van der Waals surface area (Å²) >= 11 is 0. The van der Waals surface area contributed by atoms with Crippen molar-refractivity contribution in [3.05, 3.63) is 30.1 Å². The standard InChI is InChI=1S/C9H10NO2/c1-11-9(6-12-7-9)8-4-2-3-5-10-8/h2,4-5H,6-7H2,1H3. The fraction of sp³-hybridized carbons (Fsp3) is 0.444. The molecule has 1 radical (unpaired) electrons. The average molecular weight is 164 g/mol. The van der Waals surface area contributed by atoms with Crippen LogP contribution in [0.2, 0.25) is 0 Å². The van der Waals surface area contributed by atoms with Crippen LogP contribution in [0.1, 0.15) is 5.69 Å². The Morgan fingerprint density at radius 2 is 2.50 bits per heavy atom. The van der Waals surface area contributed by atoms with Crippen molar-refractivity contribution >= 4 is 0 Å². The van der Waals surface area contributed by atoms with Crippen LogP contribution in [0.4, 0.5) is 0 Å². The Balaban J connectivity index is 2.28. The highest BCUT2D eigenvalue weighted by molar-refractivity contribution is 5.15. The first-order valence-corrected chi connectivity index (χ1v) is 3.83. The molecule has 1 fully saturated rings. The molecule has 1 aromatic heterocycles. The van der Waals surface area contributed by atoms with Gasteiger partial charge >= 0.3 is 0 Å². The number of hydrogen-bond donors (Lipinski definition) is 0. The van der Waals surface area contributed by atoms with Gasteiger partial charge in [0.2, 0.25) is 0 Å². The number of aromatic nitrogens is 1. The highest BCUT2D eigenvalue weighted by atomic mass is 16.6. The summed E-state index contributed by atoms with van der Waals surface area (Å²) in [6.07, 6.45) is 1.65. The summed E-state index contributed by atoms with van der Waals surface area (Å²) in [4.78, 5) is 4.18. The second-order valence-electron chi connectivity index (χ2n) is 2.83. The molecule has 1 aliphatic rings. The normalized spacial score (nSPS) is 20.1. The lowest BCUT2D eigenvalue weighted by Crippen LogP contribution is -2.48. The van der Waals surface area contributed by atoms with Gasteiger partial charge in [-0.25, -0.2) is 0 Å². The topological polar surface area (TPSA) is 31.4 Å². The summed E-state index contributed by atoms with van der Waals surface area (Å²) in [7, 11) is 1.68. The Labute approximate surface area is 71.3 Å². The van der Waals surface area contributed by atoms with E-state index in [9.17, 15) is 0 Å². The van der Waals surface area contributed by atoms with Crippen molar-refractivity contribution in [1.82, 2.24) is 4.98 Å². The molecule has 12 heavy (non-hydrogen) atoms. The quantitative estimate of drug-likeness (QED) is 0.646. The van der Waals surface area contributed by atoms with Gasteiger partial charge in [0.05, 0.1) is 18.9 Å². The number of ether oxygens (including phenoxy) is 2. The van der Waals surface area contributed by atoms with Crippen molar-refractivity contribution in [2.75, 3.05) is 20.3 Å². The van der Waals surface area contributed by atoms with Crippen LogP contribution in [0, 0.1) is 6.07 Å². The molecule has 3 heteroatoms. The van der Waals surface area contributed by atoms with Gasteiger partial charge in [0.1, 0.15) is 0 Å². The van der Waals surface area contributed by atoms with Crippen LogP contribution in [0.25, 0.3) is 0 Å². The van der Waals surface area contributed by atoms with Crippen molar-refractivity contribution in [3.63, 3.8) is 0 Å².